The zero-order valence-corrected chi connectivity index (χ0v) is 13.9. The first-order valence-electron chi connectivity index (χ1n) is 7.66. The Morgan fingerprint density at radius 2 is 1.96 bits per heavy atom. The quantitative estimate of drug-likeness (QED) is 0.775. The Labute approximate surface area is 145 Å². The Balaban J connectivity index is 1.76. The maximum Gasteiger partial charge on any atom is 0.347 e. The number of nitrogens with zero attached hydrogens (tertiary/aromatic N) is 1. The summed E-state index contributed by atoms with van der Waals surface area (Å²) in [6, 6.07) is 11.5. The van der Waals surface area contributed by atoms with Crippen molar-refractivity contribution in [1.82, 2.24) is 5.32 Å². The van der Waals surface area contributed by atoms with Crippen LogP contribution in [0.25, 0.3) is 0 Å². The number of benzene rings is 1. The van der Waals surface area contributed by atoms with Gasteiger partial charge in [0.25, 0.3) is 5.91 Å². The van der Waals surface area contributed by atoms with Crippen LogP contribution in [0.2, 0.25) is 0 Å². The molecule has 130 valence electrons. The van der Waals surface area contributed by atoms with Crippen LogP contribution in [0.15, 0.2) is 47.1 Å². The Morgan fingerprint density at radius 1 is 1.24 bits per heavy atom. The summed E-state index contributed by atoms with van der Waals surface area (Å²) in [6.07, 6.45) is 0.628. The fraction of sp³-hybridized carbons (Fsp3) is 0.278. The highest BCUT2D eigenvalue weighted by Crippen LogP contribution is 2.14. The van der Waals surface area contributed by atoms with Crippen molar-refractivity contribution in [3.63, 3.8) is 0 Å². The van der Waals surface area contributed by atoms with Crippen molar-refractivity contribution in [2.75, 3.05) is 6.61 Å². The molecule has 0 aliphatic rings. The van der Waals surface area contributed by atoms with Crippen LogP contribution in [0.5, 0.6) is 5.75 Å². The molecule has 0 bridgehead atoms. The van der Waals surface area contributed by atoms with E-state index in [1.165, 1.54) is 13.2 Å². The molecule has 0 saturated heterocycles. The van der Waals surface area contributed by atoms with Gasteiger partial charge in [-0.2, -0.15) is 5.26 Å². The third-order valence-electron chi connectivity index (χ3n) is 3.32. The Hall–Kier alpha value is -3.27. The maximum atomic E-state index is 11.9. The van der Waals surface area contributed by atoms with Crippen LogP contribution in [0, 0.1) is 11.3 Å². The molecule has 7 nitrogen and oxygen atoms in total. The minimum atomic E-state index is -0.886. The molecule has 25 heavy (non-hydrogen) atoms. The van der Waals surface area contributed by atoms with Gasteiger partial charge < -0.3 is 19.2 Å². The van der Waals surface area contributed by atoms with Crippen LogP contribution in [0.3, 0.4) is 0 Å². The first-order valence-corrected chi connectivity index (χ1v) is 7.66. The van der Waals surface area contributed by atoms with E-state index in [0.717, 1.165) is 0 Å². The van der Waals surface area contributed by atoms with Crippen molar-refractivity contribution < 1.29 is 23.5 Å². The SMILES string of the molecule is C[C@H](NC(=O)COC(=O)[C@@H](C)Oc1ccc(C#N)cc1)c1ccco1. The number of esters is 1. The third kappa shape index (κ3) is 5.39. The number of rotatable bonds is 7. The monoisotopic (exact) mass is 342 g/mol. The van der Waals surface area contributed by atoms with Gasteiger partial charge in [-0.05, 0) is 50.2 Å². The molecule has 0 aliphatic carbocycles. The van der Waals surface area contributed by atoms with E-state index in [0.29, 0.717) is 17.1 Å². The zero-order valence-electron chi connectivity index (χ0n) is 13.9. The lowest BCUT2D eigenvalue weighted by Crippen LogP contribution is -2.34. The van der Waals surface area contributed by atoms with Gasteiger partial charge >= 0.3 is 5.97 Å². The second-order valence-corrected chi connectivity index (χ2v) is 5.31. The van der Waals surface area contributed by atoms with Gasteiger partial charge in [0.05, 0.1) is 23.9 Å². The molecule has 0 unspecified atom stereocenters. The van der Waals surface area contributed by atoms with Crippen LogP contribution < -0.4 is 10.1 Å². The van der Waals surface area contributed by atoms with E-state index in [4.69, 9.17) is 19.2 Å². The van der Waals surface area contributed by atoms with Gasteiger partial charge in [-0.3, -0.25) is 4.79 Å². The highest BCUT2D eigenvalue weighted by Gasteiger charge is 2.19. The lowest BCUT2D eigenvalue weighted by molar-refractivity contribution is -0.154. The number of nitrogens with one attached hydrogen (secondary N) is 1. The van der Waals surface area contributed by atoms with Crippen LogP contribution in [0.4, 0.5) is 0 Å². The minimum Gasteiger partial charge on any atom is -0.479 e. The van der Waals surface area contributed by atoms with Crippen molar-refractivity contribution >= 4 is 11.9 Å². The smallest absolute Gasteiger partial charge is 0.347 e. The number of carbonyl (C=O) groups is 2. The first-order chi connectivity index (χ1) is 12.0. The van der Waals surface area contributed by atoms with E-state index in [1.807, 2.05) is 6.07 Å². The van der Waals surface area contributed by atoms with Gasteiger partial charge in [0.1, 0.15) is 11.5 Å². The number of hydrogen-bond acceptors (Lipinski definition) is 6. The molecule has 1 heterocycles. The molecule has 1 aromatic heterocycles. The van der Waals surface area contributed by atoms with Crippen LogP contribution in [0.1, 0.15) is 31.2 Å². The molecule has 7 heteroatoms. The zero-order chi connectivity index (χ0) is 18.2. The predicted octanol–water partition coefficient (Wildman–Crippen LogP) is 2.34. The fourth-order valence-electron chi connectivity index (χ4n) is 2.01. The molecule has 0 fully saturated rings. The van der Waals surface area contributed by atoms with Crippen LogP contribution in [-0.2, 0) is 14.3 Å². The van der Waals surface area contributed by atoms with E-state index in [9.17, 15) is 9.59 Å². The van der Waals surface area contributed by atoms with Gasteiger partial charge in [-0.1, -0.05) is 0 Å². The van der Waals surface area contributed by atoms with Crippen molar-refractivity contribution in [1.29, 1.82) is 5.26 Å². The second-order valence-electron chi connectivity index (χ2n) is 5.31. The molecule has 1 amide bonds. The summed E-state index contributed by atoms with van der Waals surface area (Å²) < 4.78 is 15.5. The summed E-state index contributed by atoms with van der Waals surface area (Å²) in [6.45, 7) is 2.87. The van der Waals surface area contributed by atoms with Crippen molar-refractivity contribution in [3.05, 3.63) is 54.0 Å². The van der Waals surface area contributed by atoms with E-state index in [2.05, 4.69) is 5.32 Å². The number of carbonyl (C=O) groups excluding carboxylic acids is 2. The van der Waals surface area contributed by atoms with E-state index >= 15 is 0 Å². The number of nitriles is 1. The molecule has 0 aliphatic heterocycles. The minimum absolute atomic E-state index is 0.325. The lowest BCUT2D eigenvalue weighted by Gasteiger charge is -2.15. The Morgan fingerprint density at radius 3 is 2.56 bits per heavy atom. The molecule has 0 saturated carbocycles. The fourth-order valence-corrected chi connectivity index (χ4v) is 2.01. The third-order valence-corrected chi connectivity index (χ3v) is 3.32. The number of amides is 1. The summed E-state index contributed by atoms with van der Waals surface area (Å²) in [5.41, 5.74) is 0.491. The molecule has 1 aromatic carbocycles. The van der Waals surface area contributed by atoms with Gasteiger partial charge in [-0.15, -0.1) is 0 Å². The molecule has 2 rings (SSSR count). The van der Waals surface area contributed by atoms with E-state index < -0.39 is 24.6 Å². The Bertz CT molecular complexity index is 747. The predicted molar refractivity (Wildman–Crippen MR) is 87.5 cm³/mol. The Kier molecular flexibility index (Phi) is 6.18. The van der Waals surface area contributed by atoms with Crippen molar-refractivity contribution in [3.8, 4) is 11.8 Å². The summed E-state index contributed by atoms with van der Waals surface area (Å²) >= 11 is 0. The molecule has 2 atom stereocenters. The highest BCUT2D eigenvalue weighted by atomic mass is 16.6. The lowest BCUT2D eigenvalue weighted by atomic mass is 10.2. The summed E-state index contributed by atoms with van der Waals surface area (Å²) in [5, 5.41) is 11.4. The molecular formula is C18H18N2O5. The highest BCUT2D eigenvalue weighted by molar-refractivity contribution is 5.82. The largest absolute Gasteiger partial charge is 0.479 e. The van der Waals surface area contributed by atoms with Gasteiger partial charge in [-0.25, -0.2) is 4.79 Å². The van der Waals surface area contributed by atoms with Crippen molar-refractivity contribution in [2.45, 2.75) is 26.0 Å². The molecule has 0 radical (unpaired) electrons. The molecule has 1 N–H and O–H groups in total. The molecule has 2 aromatic rings. The first kappa shape index (κ1) is 18.1. The second kappa shape index (κ2) is 8.55. The maximum absolute atomic E-state index is 11.9. The van der Waals surface area contributed by atoms with Crippen molar-refractivity contribution in [2.24, 2.45) is 0 Å². The number of furan rings is 1. The van der Waals surface area contributed by atoms with Gasteiger partial charge in [0, 0.05) is 0 Å². The average Bonchev–Trinajstić information content (AvgIpc) is 3.15. The van der Waals surface area contributed by atoms with E-state index in [-0.39, 0.29) is 6.04 Å². The summed E-state index contributed by atoms with van der Waals surface area (Å²) in [7, 11) is 0. The van der Waals surface area contributed by atoms with Gasteiger partial charge in [0.2, 0.25) is 0 Å². The van der Waals surface area contributed by atoms with Crippen LogP contribution in [-0.4, -0.2) is 24.6 Å². The van der Waals surface area contributed by atoms with Gasteiger partial charge in [0.15, 0.2) is 12.7 Å². The number of hydrogen-bond donors (Lipinski definition) is 1. The van der Waals surface area contributed by atoms with E-state index in [1.54, 1.807) is 43.3 Å². The average molecular weight is 342 g/mol. The molecular weight excluding hydrogens is 324 g/mol. The normalized spacial score (nSPS) is 12.5. The van der Waals surface area contributed by atoms with Crippen LogP contribution >= 0.6 is 0 Å². The number of ether oxygens (including phenoxy) is 2. The summed E-state index contributed by atoms with van der Waals surface area (Å²) in [4.78, 5) is 23.7. The summed E-state index contributed by atoms with van der Waals surface area (Å²) in [5.74, 6) is -0.0653. The standard InChI is InChI=1S/C18H18N2O5/c1-12(16-4-3-9-23-16)20-17(21)11-24-18(22)13(2)25-15-7-5-14(10-19)6-8-15/h3-9,12-13H,11H2,1-2H3,(H,20,21)/t12-,13+/m0/s1. The molecule has 0 spiro atoms. The topological polar surface area (TPSA) is 102 Å².